The van der Waals surface area contributed by atoms with Crippen molar-refractivity contribution in [2.75, 3.05) is 40.0 Å². The van der Waals surface area contributed by atoms with Crippen LogP contribution in [0.1, 0.15) is 31.2 Å². The van der Waals surface area contributed by atoms with Crippen molar-refractivity contribution in [1.29, 1.82) is 0 Å². The average Bonchev–Trinajstić information content (AvgIpc) is 2.67. The molecule has 2 rings (SSSR count). The summed E-state index contributed by atoms with van der Waals surface area (Å²) in [5.74, 6) is 0.809. The summed E-state index contributed by atoms with van der Waals surface area (Å²) < 4.78 is 11.2. The Kier molecular flexibility index (Phi) is 8.63. The molecule has 0 unspecified atom stereocenters. The number of ether oxygens (including phenoxy) is 2. The zero-order valence-corrected chi connectivity index (χ0v) is 15.6. The second kappa shape index (κ2) is 11.2. The van der Waals surface area contributed by atoms with E-state index in [1.165, 1.54) is 24.8 Å². The van der Waals surface area contributed by atoms with E-state index in [-0.39, 0.29) is 0 Å². The van der Waals surface area contributed by atoms with Crippen LogP contribution in [0, 0.1) is 10.1 Å². The van der Waals surface area contributed by atoms with Gasteiger partial charge in [0.2, 0.25) is 5.91 Å². The number of hydrogen-bond acceptors (Lipinski definition) is 7. The third-order valence-corrected chi connectivity index (χ3v) is 4.28. The van der Waals surface area contributed by atoms with E-state index in [0.717, 1.165) is 19.6 Å². The summed E-state index contributed by atoms with van der Waals surface area (Å²) in [7, 11) is 1.60. The van der Waals surface area contributed by atoms with Crippen LogP contribution in [0.25, 0.3) is 0 Å². The number of hydrogen-bond donors (Lipinski definition) is 1. The Morgan fingerprint density at radius 2 is 2.04 bits per heavy atom. The van der Waals surface area contributed by atoms with Crippen LogP contribution in [0.3, 0.4) is 0 Å². The van der Waals surface area contributed by atoms with Gasteiger partial charge in [0.05, 0.1) is 13.7 Å². The fraction of sp³-hybridized carbons (Fsp3) is 0.611. The standard InChI is InChI=1S/C18H27N3O6/c1-25-16-7-6-15(13-20-9-3-2-4-10-20)12-17(16)26-11-5-8-19-18(22)14-27-21(23)24/h6-7,12H,2-5,8-11,13-14H2,1H3,(H,19,22). The van der Waals surface area contributed by atoms with E-state index in [2.05, 4.69) is 21.1 Å². The fourth-order valence-corrected chi connectivity index (χ4v) is 2.95. The van der Waals surface area contributed by atoms with Gasteiger partial charge in [0.1, 0.15) is 0 Å². The second-order valence-electron chi connectivity index (χ2n) is 6.37. The third-order valence-electron chi connectivity index (χ3n) is 4.28. The van der Waals surface area contributed by atoms with Gasteiger partial charge >= 0.3 is 0 Å². The van der Waals surface area contributed by atoms with E-state index in [1.807, 2.05) is 12.1 Å². The zero-order chi connectivity index (χ0) is 19.5. The van der Waals surface area contributed by atoms with Gasteiger partial charge in [0.15, 0.2) is 18.1 Å². The number of rotatable bonds is 11. The van der Waals surface area contributed by atoms with E-state index in [4.69, 9.17) is 9.47 Å². The Balaban J connectivity index is 1.76. The van der Waals surface area contributed by atoms with E-state index < -0.39 is 17.6 Å². The highest BCUT2D eigenvalue weighted by atomic mass is 16.9. The third kappa shape index (κ3) is 7.69. The van der Waals surface area contributed by atoms with Crippen molar-refractivity contribution >= 4 is 5.91 Å². The molecule has 0 spiro atoms. The first kappa shape index (κ1) is 20.8. The van der Waals surface area contributed by atoms with Crippen molar-refractivity contribution in [2.24, 2.45) is 0 Å². The molecule has 1 fully saturated rings. The summed E-state index contributed by atoms with van der Waals surface area (Å²) in [5, 5.41) is 11.6. The highest BCUT2D eigenvalue weighted by molar-refractivity contribution is 5.76. The fourth-order valence-electron chi connectivity index (χ4n) is 2.95. The molecular formula is C18H27N3O6. The van der Waals surface area contributed by atoms with Crippen LogP contribution in [0.4, 0.5) is 0 Å². The Bertz CT molecular complexity index is 619. The molecule has 1 N–H and O–H groups in total. The van der Waals surface area contributed by atoms with Gasteiger partial charge in [-0.3, -0.25) is 9.69 Å². The summed E-state index contributed by atoms with van der Waals surface area (Å²) >= 11 is 0. The molecule has 0 saturated carbocycles. The molecule has 0 atom stereocenters. The van der Waals surface area contributed by atoms with Crippen LogP contribution in [-0.4, -0.2) is 55.9 Å². The molecule has 0 radical (unpaired) electrons. The SMILES string of the molecule is COc1ccc(CN2CCCCC2)cc1OCCCNC(=O)CO[N+](=O)[O-]. The maximum atomic E-state index is 11.3. The van der Waals surface area contributed by atoms with Crippen LogP contribution in [0.2, 0.25) is 0 Å². The van der Waals surface area contributed by atoms with Gasteiger partial charge in [-0.15, -0.1) is 10.1 Å². The van der Waals surface area contributed by atoms with Crippen LogP contribution in [0.5, 0.6) is 11.5 Å². The van der Waals surface area contributed by atoms with Crippen LogP contribution in [0.15, 0.2) is 18.2 Å². The normalized spacial score (nSPS) is 14.4. The number of likely N-dealkylation sites (tertiary alicyclic amines) is 1. The number of amides is 1. The smallest absolute Gasteiger partial charge is 0.295 e. The maximum Gasteiger partial charge on any atom is 0.295 e. The molecule has 1 aromatic rings. The maximum absolute atomic E-state index is 11.3. The Hall–Kier alpha value is -2.55. The molecule has 150 valence electrons. The molecular weight excluding hydrogens is 354 g/mol. The van der Waals surface area contributed by atoms with Crippen LogP contribution >= 0.6 is 0 Å². The molecule has 27 heavy (non-hydrogen) atoms. The summed E-state index contributed by atoms with van der Waals surface area (Å²) in [4.78, 5) is 27.8. The molecule has 0 bridgehead atoms. The molecule has 0 aromatic heterocycles. The minimum atomic E-state index is -0.994. The molecule has 1 aromatic carbocycles. The first-order valence-corrected chi connectivity index (χ1v) is 9.14. The number of nitrogens with zero attached hydrogens (tertiary/aromatic N) is 2. The molecule has 9 nitrogen and oxygen atoms in total. The Morgan fingerprint density at radius 3 is 2.74 bits per heavy atom. The van der Waals surface area contributed by atoms with Gasteiger partial charge < -0.3 is 19.6 Å². The number of benzene rings is 1. The van der Waals surface area contributed by atoms with Crippen LogP contribution < -0.4 is 14.8 Å². The largest absolute Gasteiger partial charge is 0.493 e. The zero-order valence-electron chi connectivity index (χ0n) is 15.6. The van der Waals surface area contributed by atoms with Crippen molar-refractivity contribution < 1.29 is 24.2 Å². The predicted molar refractivity (Wildman–Crippen MR) is 98.2 cm³/mol. The summed E-state index contributed by atoms with van der Waals surface area (Å²) in [6, 6.07) is 5.96. The highest BCUT2D eigenvalue weighted by Gasteiger charge is 2.12. The number of carbonyl (C=O) groups is 1. The lowest BCUT2D eigenvalue weighted by Crippen LogP contribution is -2.30. The minimum absolute atomic E-state index is 0.343. The van der Waals surface area contributed by atoms with Gasteiger partial charge in [-0.1, -0.05) is 12.5 Å². The van der Waals surface area contributed by atoms with Gasteiger partial charge in [-0.25, -0.2) is 0 Å². The number of nitrogens with one attached hydrogen (secondary N) is 1. The van der Waals surface area contributed by atoms with E-state index in [9.17, 15) is 14.9 Å². The number of carbonyl (C=O) groups excluding carboxylic acids is 1. The molecule has 9 heteroatoms. The van der Waals surface area contributed by atoms with Gasteiger partial charge in [-0.05, 0) is 50.0 Å². The van der Waals surface area contributed by atoms with Crippen molar-refractivity contribution in [3.05, 3.63) is 33.9 Å². The quantitative estimate of drug-likeness (QED) is 0.354. The lowest BCUT2D eigenvalue weighted by molar-refractivity contribution is -0.754. The molecule has 1 amide bonds. The first-order valence-electron chi connectivity index (χ1n) is 9.14. The van der Waals surface area contributed by atoms with E-state index in [0.29, 0.717) is 31.1 Å². The summed E-state index contributed by atoms with van der Waals surface area (Å²) in [6.45, 7) is 3.28. The first-order chi connectivity index (χ1) is 13.1. The molecule has 1 aliphatic heterocycles. The van der Waals surface area contributed by atoms with Gasteiger partial charge in [-0.2, -0.15) is 0 Å². The lowest BCUT2D eigenvalue weighted by Gasteiger charge is -2.26. The van der Waals surface area contributed by atoms with Gasteiger partial charge in [0.25, 0.3) is 5.09 Å². The summed E-state index contributed by atoms with van der Waals surface area (Å²) in [6.07, 6.45) is 4.36. The van der Waals surface area contributed by atoms with Crippen molar-refractivity contribution in [3.8, 4) is 11.5 Å². The monoisotopic (exact) mass is 381 g/mol. The van der Waals surface area contributed by atoms with Crippen molar-refractivity contribution in [2.45, 2.75) is 32.2 Å². The summed E-state index contributed by atoms with van der Waals surface area (Å²) in [5.41, 5.74) is 1.18. The average molecular weight is 381 g/mol. The second-order valence-corrected chi connectivity index (χ2v) is 6.37. The Labute approximate surface area is 158 Å². The number of methoxy groups -OCH3 is 1. The van der Waals surface area contributed by atoms with Crippen molar-refractivity contribution in [1.82, 2.24) is 10.2 Å². The Morgan fingerprint density at radius 1 is 1.26 bits per heavy atom. The van der Waals surface area contributed by atoms with Crippen LogP contribution in [-0.2, 0) is 16.2 Å². The predicted octanol–water partition coefficient (Wildman–Crippen LogP) is 1.77. The topological polar surface area (TPSA) is 103 Å². The number of piperidine rings is 1. The van der Waals surface area contributed by atoms with E-state index in [1.54, 1.807) is 7.11 Å². The molecule has 1 saturated heterocycles. The molecule has 1 heterocycles. The highest BCUT2D eigenvalue weighted by Crippen LogP contribution is 2.29. The van der Waals surface area contributed by atoms with Crippen molar-refractivity contribution in [3.63, 3.8) is 0 Å². The minimum Gasteiger partial charge on any atom is -0.493 e. The van der Waals surface area contributed by atoms with E-state index >= 15 is 0 Å². The lowest BCUT2D eigenvalue weighted by atomic mass is 10.1. The molecule has 1 aliphatic rings. The molecule has 0 aliphatic carbocycles. The van der Waals surface area contributed by atoms with Gasteiger partial charge in [0, 0.05) is 13.1 Å².